The Morgan fingerprint density at radius 2 is 2.19 bits per heavy atom. The van der Waals surface area contributed by atoms with Gasteiger partial charge in [-0.15, -0.1) is 0 Å². The molecule has 110 valence electrons. The Kier molecular flexibility index (Phi) is 3.97. The van der Waals surface area contributed by atoms with E-state index in [-0.39, 0.29) is 11.9 Å². The molecule has 0 saturated carbocycles. The molecule has 0 radical (unpaired) electrons. The van der Waals surface area contributed by atoms with E-state index >= 15 is 0 Å². The Labute approximate surface area is 128 Å². The molecule has 1 aliphatic rings. The van der Waals surface area contributed by atoms with Crippen LogP contribution in [0.3, 0.4) is 0 Å². The lowest BCUT2D eigenvalue weighted by atomic mass is 10.1. The predicted molar refractivity (Wildman–Crippen MR) is 80.1 cm³/mol. The van der Waals surface area contributed by atoms with Gasteiger partial charge in [0.2, 0.25) is 5.91 Å². The van der Waals surface area contributed by atoms with Gasteiger partial charge in [-0.25, -0.2) is 0 Å². The van der Waals surface area contributed by atoms with Gasteiger partial charge < -0.3 is 9.42 Å². The van der Waals surface area contributed by atoms with Gasteiger partial charge >= 0.3 is 0 Å². The summed E-state index contributed by atoms with van der Waals surface area (Å²) in [5.41, 5.74) is 1.83. The Balaban J connectivity index is 1.72. The summed E-state index contributed by atoms with van der Waals surface area (Å²) in [5, 5.41) is 4.75. The summed E-state index contributed by atoms with van der Waals surface area (Å²) in [6.07, 6.45) is 2.34. The number of likely N-dealkylation sites (tertiary alicyclic amines) is 1. The molecule has 0 N–H and O–H groups in total. The molecule has 1 aromatic heterocycles. The number of rotatable bonds is 3. The zero-order valence-corrected chi connectivity index (χ0v) is 12.6. The highest BCUT2D eigenvalue weighted by atomic mass is 35.5. The summed E-state index contributed by atoms with van der Waals surface area (Å²) < 4.78 is 5.13. The number of benzene rings is 1. The minimum absolute atomic E-state index is 0.0438. The Morgan fingerprint density at radius 3 is 2.86 bits per heavy atom. The molecule has 0 bridgehead atoms. The fraction of sp³-hybridized carbons (Fsp3) is 0.375. The van der Waals surface area contributed by atoms with Gasteiger partial charge in [-0.1, -0.05) is 28.9 Å². The van der Waals surface area contributed by atoms with Crippen LogP contribution in [0, 0.1) is 6.92 Å². The van der Waals surface area contributed by atoms with Crippen LogP contribution in [0.15, 0.2) is 34.9 Å². The molecule has 1 fully saturated rings. The molecule has 1 amide bonds. The van der Waals surface area contributed by atoms with Crippen LogP contribution in [-0.2, 0) is 11.2 Å². The highest BCUT2D eigenvalue weighted by molar-refractivity contribution is 6.30. The number of carbonyl (C=O) groups excluding carboxylic acids is 1. The van der Waals surface area contributed by atoms with Crippen molar-refractivity contribution in [3.05, 3.63) is 52.4 Å². The zero-order valence-electron chi connectivity index (χ0n) is 11.9. The fourth-order valence-electron chi connectivity index (χ4n) is 2.79. The third kappa shape index (κ3) is 3.10. The van der Waals surface area contributed by atoms with Crippen molar-refractivity contribution >= 4 is 17.5 Å². The molecule has 5 heteroatoms. The molecule has 0 unspecified atom stereocenters. The first-order valence-electron chi connectivity index (χ1n) is 7.10. The minimum Gasteiger partial charge on any atom is -0.361 e. The molecule has 1 atom stereocenters. The highest BCUT2D eigenvalue weighted by Crippen LogP contribution is 2.32. The lowest BCUT2D eigenvalue weighted by molar-refractivity contribution is -0.131. The monoisotopic (exact) mass is 304 g/mol. The number of hydrogen-bond acceptors (Lipinski definition) is 3. The lowest BCUT2D eigenvalue weighted by Crippen LogP contribution is -2.32. The maximum atomic E-state index is 12.5. The second-order valence-corrected chi connectivity index (χ2v) is 5.85. The highest BCUT2D eigenvalue weighted by Gasteiger charge is 2.31. The number of aryl methyl sites for hydroxylation is 1. The molecule has 2 heterocycles. The van der Waals surface area contributed by atoms with Crippen molar-refractivity contribution in [2.75, 3.05) is 6.54 Å². The first-order chi connectivity index (χ1) is 10.1. The molecule has 1 aliphatic heterocycles. The molecule has 21 heavy (non-hydrogen) atoms. The quantitative estimate of drug-likeness (QED) is 0.871. The van der Waals surface area contributed by atoms with Crippen molar-refractivity contribution in [3.63, 3.8) is 0 Å². The first kappa shape index (κ1) is 14.1. The van der Waals surface area contributed by atoms with Crippen molar-refractivity contribution in [1.82, 2.24) is 10.1 Å². The first-order valence-corrected chi connectivity index (χ1v) is 7.48. The molecule has 1 aromatic carbocycles. The predicted octanol–water partition coefficient (Wildman–Crippen LogP) is 3.54. The number of aromatic nitrogens is 1. The summed E-state index contributed by atoms with van der Waals surface area (Å²) in [7, 11) is 0. The van der Waals surface area contributed by atoms with E-state index in [2.05, 4.69) is 5.16 Å². The van der Waals surface area contributed by atoms with Crippen LogP contribution >= 0.6 is 11.6 Å². The molecule has 0 aliphatic carbocycles. The van der Waals surface area contributed by atoms with Gasteiger partial charge in [0.1, 0.15) is 11.5 Å². The van der Waals surface area contributed by atoms with Crippen LogP contribution < -0.4 is 0 Å². The van der Waals surface area contributed by atoms with Gasteiger partial charge in [0.15, 0.2) is 0 Å². The van der Waals surface area contributed by atoms with Crippen LogP contribution in [0.25, 0.3) is 0 Å². The fourth-order valence-corrected chi connectivity index (χ4v) is 2.92. The summed E-state index contributed by atoms with van der Waals surface area (Å²) in [6.45, 7) is 2.65. The average Bonchev–Trinajstić information content (AvgIpc) is 3.09. The van der Waals surface area contributed by atoms with Gasteiger partial charge in [-0.2, -0.15) is 0 Å². The number of hydrogen-bond donors (Lipinski definition) is 0. The van der Waals surface area contributed by atoms with Crippen LogP contribution in [0.5, 0.6) is 0 Å². The van der Waals surface area contributed by atoms with Crippen LogP contribution in [0.2, 0.25) is 5.02 Å². The van der Waals surface area contributed by atoms with Gasteiger partial charge in [0.25, 0.3) is 0 Å². The maximum absolute atomic E-state index is 12.5. The van der Waals surface area contributed by atoms with Gasteiger partial charge in [0.05, 0.1) is 12.5 Å². The van der Waals surface area contributed by atoms with E-state index in [1.165, 1.54) is 0 Å². The summed E-state index contributed by atoms with van der Waals surface area (Å²) in [5.74, 6) is 0.905. The normalized spacial score (nSPS) is 18.2. The van der Waals surface area contributed by atoms with E-state index in [0.29, 0.717) is 11.4 Å². The van der Waals surface area contributed by atoms with Crippen molar-refractivity contribution in [1.29, 1.82) is 0 Å². The number of nitrogens with zero attached hydrogens (tertiary/aromatic N) is 2. The van der Waals surface area contributed by atoms with Gasteiger partial charge in [-0.05, 0) is 37.5 Å². The van der Waals surface area contributed by atoms with Crippen molar-refractivity contribution in [2.45, 2.75) is 32.2 Å². The molecular formula is C16H17ClN2O2. The van der Waals surface area contributed by atoms with Crippen LogP contribution in [0.4, 0.5) is 0 Å². The van der Waals surface area contributed by atoms with Crippen molar-refractivity contribution < 1.29 is 9.32 Å². The third-order valence-electron chi connectivity index (χ3n) is 3.83. The largest absolute Gasteiger partial charge is 0.361 e. The maximum Gasteiger partial charge on any atom is 0.227 e. The second kappa shape index (κ2) is 5.90. The summed E-state index contributed by atoms with van der Waals surface area (Å²) in [6, 6.07) is 9.37. The molecule has 0 spiro atoms. The van der Waals surface area contributed by atoms with E-state index in [4.69, 9.17) is 16.1 Å². The Hall–Kier alpha value is -1.81. The summed E-state index contributed by atoms with van der Waals surface area (Å²) in [4.78, 5) is 14.4. The van der Waals surface area contributed by atoms with Crippen molar-refractivity contribution in [2.24, 2.45) is 0 Å². The Bertz CT molecular complexity index is 636. The lowest BCUT2D eigenvalue weighted by Gasteiger charge is -2.23. The number of amides is 1. The summed E-state index contributed by atoms with van der Waals surface area (Å²) >= 11 is 5.87. The van der Waals surface area contributed by atoms with E-state index in [0.717, 1.165) is 36.4 Å². The topological polar surface area (TPSA) is 46.3 Å². The van der Waals surface area contributed by atoms with E-state index < -0.39 is 0 Å². The van der Waals surface area contributed by atoms with Crippen LogP contribution in [0.1, 0.15) is 35.9 Å². The van der Waals surface area contributed by atoms with E-state index in [9.17, 15) is 4.79 Å². The minimum atomic E-state index is 0.0438. The van der Waals surface area contributed by atoms with Crippen molar-refractivity contribution in [3.8, 4) is 0 Å². The number of halogens is 1. The average molecular weight is 305 g/mol. The van der Waals surface area contributed by atoms with E-state index in [1.54, 1.807) is 0 Å². The van der Waals surface area contributed by atoms with Crippen LogP contribution in [-0.4, -0.2) is 22.5 Å². The molecule has 1 saturated heterocycles. The number of carbonyl (C=O) groups is 1. The second-order valence-electron chi connectivity index (χ2n) is 5.41. The Morgan fingerprint density at radius 1 is 1.43 bits per heavy atom. The van der Waals surface area contributed by atoms with Gasteiger partial charge in [-0.3, -0.25) is 4.79 Å². The zero-order chi connectivity index (χ0) is 14.8. The standard InChI is InChI=1S/C16H17ClN2O2/c1-11-9-14(18-21-11)15-3-2-8-19(15)16(20)10-12-4-6-13(17)7-5-12/h4-7,9,15H,2-3,8,10H2,1H3/t15-/m1/s1. The molecule has 2 aromatic rings. The molecule has 3 rings (SSSR count). The third-order valence-corrected chi connectivity index (χ3v) is 4.08. The van der Waals surface area contributed by atoms with Gasteiger partial charge in [0, 0.05) is 17.6 Å². The SMILES string of the molecule is Cc1cc([C@H]2CCCN2C(=O)Cc2ccc(Cl)cc2)no1. The smallest absolute Gasteiger partial charge is 0.227 e. The molecule has 4 nitrogen and oxygen atoms in total. The molecular weight excluding hydrogens is 288 g/mol. The van der Waals surface area contributed by atoms with E-state index in [1.807, 2.05) is 42.2 Å².